The van der Waals surface area contributed by atoms with Crippen LogP contribution in [0, 0.1) is 0 Å². The third-order valence-corrected chi connectivity index (χ3v) is 6.90. The Kier molecular flexibility index (Phi) is 4.64. The second kappa shape index (κ2) is 7.25. The van der Waals surface area contributed by atoms with Crippen molar-refractivity contribution in [3.63, 3.8) is 0 Å². The summed E-state index contributed by atoms with van der Waals surface area (Å²) in [6.45, 7) is 0.187. The molecule has 2 aliphatic rings. The molecule has 1 aromatic heterocycles. The van der Waals surface area contributed by atoms with Crippen molar-refractivity contribution in [2.24, 2.45) is 0 Å². The van der Waals surface area contributed by atoms with Gasteiger partial charge in [0.25, 0.3) is 9.05 Å². The van der Waals surface area contributed by atoms with Crippen molar-refractivity contribution in [1.82, 2.24) is 4.98 Å². The quantitative estimate of drug-likeness (QED) is 0.581. The van der Waals surface area contributed by atoms with Crippen molar-refractivity contribution in [1.29, 1.82) is 0 Å². The lowest BCUT2D eigenvalue weighted by atomic mass is 9.94. The van der Waals surface area contributed by atoms with Crippen molar-refractivity contribution in [2.45, 2.75) is 23.2 Å². The number of carbonyl (C=O) groups excluding carboxylic acids is 1. The molecule has 2 heterocycles. The van der Waals surface area contributed by atoms with Crippen LogP contribution in [-0.4, -0.2) is 26.1 Å². The first-order valence-corrected chi connectivity index (χ1v) is 11.9. The first kappa shape index (κ1) is 19.8. The fraction of sp³-hybridized carbons (Fsp3) is 0.182. The van der Waals surface area contributed by atoms with E-state index in [9.17, 15) is 13.2 Å². The summed E-state index contributed by atoms with van der Waals surface area (Å²) in [6, 6.07) is 17.0. The van der Waals surface area contributed by atoms with Crippen LogP contribution >= 0.6 is 10.7 Å². The minimum Gasteiger partial charge on any atom is -0.454 e. The SMILES string of the molecule is O=C(Nc1cccc(-c2ccc(S(=O)(=O)Cl)cc2)n1)C1(c2ccc3c(c2)OCO3)CC1. The summed E-state index contributed by atoms with van der Waals surface area (Å²) in [7, 11) is 1.58. The largest absolute Gasteiger partial charge is 0.454 e. The molecule has 0 saturated heterocycles. The summed E-state index contributed by atoms with van der Waals surface area (Å²) in [5, 5.41) is 2.92. The average molecular weight is 457 g/mol. The number of amides is 1. The highest BCUT2D eigenvalue weighted by molar-refractivity contribution is 8.13. The smallest absolute Gasteiger partial charge is 0.261 e. The highest BCUT2D eigenvalue weighted by Gasteiger charge is 2.51. The monoisotopic (exact) mass is 456 g/mol. The van der Waals surface area contributed by atoms with Gasteiger partial charge in [-0.3, -0.25) is 4.79 Å². The Balaban J connectivity index is 1.37. The summed E-state index contributed by atoms with van der Waals surface area (Å²) < 4.78 is 33.6. The van der Waals surface area contributed by atoms with E-state index in [1.807, 2.05) is 18.2 Å². The van der Waals surface area contributed by atoms with Crippen LogP contribution in [0.25, 0.3) is 11.3 Å². The third kappa shape index (κ3) is 3.73. The molecule has 7 nitrogen and oxygen atoms in total. The van der Waals surface area contributed by atoms with Gasteiger partial charge in [-0.2, -0.15) is 0 Å². The number of hydrogen-bond acceptors (Lipinski definition) is 6. The Labute approximate surface area is 183 Å². The molecule has 5 rings (SSSR count). The summed E-state index contributed by atoms with van der Waals surface area (Å²) in [5.41, 5.74) is 1.60. The molecule has 9 heteroatoms. The number of rotatable bonds is 5. The van der Waals surface area contributed by atoms with E-state index in [-0.39, 0.29) is 17.6 Å². The molecule has 1 fully saturated rings. The standard InChI is InChI=1S/C22H17ClN2O5S/c23-31(27,28)16-7-4-14(5-8-16)17-2-1-3-20(24-17)25-21(26)22(10-11-22)15-6-9-18-19(12-15)30-13-29-18/h1-9,12H,10-11,13H2,(H,24,25,26). The van der Waals surface area contributed by atoms with E-state index in [4.69, 9.17) is 20.2 Å². The highest BCUT2D eigenvalue weighted by atomic mass is 35.7. The summed E-state index contributed by atoms with van der Waals surface area (Å²) in [5.74, 6) is 1.63. The normalized spacial score (nSPS) is 16.0. The van der Waals surface area contributed by atoms with Gasteiger partial charge in [0.1, 0.15) is 5.82 Å². The molecule has 1 amide bonds. The number of nitrogens with zero attached hydrogens (tertiary/aromatic N) is 1. The topological polar surface area (TPSA) is 94.6 Å². The van der Waals surface area contributed by atoms with Crippen LogP contribution in [0.3, 0.4) is 0 Å². The molecule has 2 aromatic carbocycles. The summed E-state index contributed by atoms with van der Waals surface area (Å²) in [4.78, 5) is 17.6. The van der Waals surface area contributed by atoms with Gasteiger partial charge in [-0.15, -0.1) is 0 Å². The van der Waals surface area contributed by atoms with Crippen LogP contribution in [0.1, 0.15) is 18.4 Å². The molecule has 31 heavy (non-hydrogen) atoms. The molecule has 0 unspecified atom stereocenters. The molecule has 0 bridgehead atoms. The van der Waals surface area contributed by atoms with Gasteiger partial charge < -0.3 is 14.8 Å². The summed E-state index contributed by atoms with van der Waals surface area (Å²) in [6.07, 6.45) is 1.49. The number of carbonyl (C=O) groups is 1. The zero-order chi connectivity index (χ0) is 21.6. The van der Waals surface area contributed by atoms with Gasteiger partial charge in [0.15, 0.2) is 11.5 Å². The van der Waals surface area contributed by atoms with Gasteiger partial charge >= 0.3 is 0 Å². The Hall–Kier alpha value is -3.10. The molecule has 1 N–H and O–H groups in total. The van der Waals surface area contributed by atoms with Gasteiger partial charge in [-0.05, 0) is 54.8 Å². The molecule has 0 atom stereocenters. The fourth-order valence-corrected chi connectivity index (χ4v) is 4.43. The second-order valence-electron chi connectivity index (χ2n) is 7.47. The predicted molar refractivity (Wildman–Crippen MR) is 115 cm³/mol. The van der Waals surface area contributed by atoms with Crippen LogP contribution in [0.5, 0.6) is 11.5 Å². The third-order valence-electron chi connectivity index (χ3n) is 5.53. The van der Waals surface area contributed by atoms with E-state index in [1.165, 1.54) is 12.1 Å². The molecular weight excluding hydrogens is 440 g/mol. The number of hydrogen-bond donors (Lipinski definition) is 1. The highest BCUT2D eigenvalue weighted by Crippen LogP contribution is 2.51. The lowest BCUT2D eigenvalue weighted by Crippen LogP contribution is -2.28. The van der Waals surface area contributed by atoms with E-state index in [0.29, 0.717) is 28.6 Å². The van der Waals surface area contributed by atoms with Crippen molar-refractivity contribution in [2.75, 3.05) is 12.1 Å². The predicted octanol–water partition coefficient (Wildman–Crippen LogP) is 4.08. The van der Waals surface area contributed by atoms with Crippen LogP contribution in [0.4, 0.5) is 5.82 Å². The van der Waals surface area contributed by atoms with Crippen molar-refractivity contribution < 1.29 is 22.7 Å². The van der Waals surface area contributed by atoms with Crippen LogP contribution < -0.4 is 14.8 Å². The van der Waals surface area contributed by atoms with Crippen molar-refractivity contribution in [3.05, 3.63) is 66.2 Å². The van der Waals surface area contributed by atoms with Gasteiger partial charge in [0, 0.05) is 16.2 Å². The lowest BCUT2D eigenvalue weighted by molar-refractivity contribution is -0.118. The Morgan fingerprint density at radius 2 is 1.74 bits per heavy atom. The van der Waals surface area contributed by atoms with Gasteiger partial charge in [-0.25, -0.2) is 13.4 Å². The first-order valence-electron chi connectivity index (χ1n) is 9.59. The van der Waals surface area contributed by atoms with Gasteiger partial charge in [-0.1, -0.05) is 24.3 Å². The van der Waals surface area contributed by atoms with Crippen molar-refractivity contribution >= 4 is 31.5 Å². The molecule has 1 saturated carbocycles. The second-order valence-corrected chi connectivity index (χ2v) is 10.0. The number of halogens is 1. The van der Waals surface area contributed by atoms with E-state index in [1.54, 1.807) is 30.3 Å². The van der Waals surface area contributed by atoms with Gasteiger partial charge in [0.05, 0.1) is 16.0 Å². The number of benzene rings is 2. The van der Waals surface area contributed by atoms with Gasteiger partial charge in [0.2, 0.25) is 12.7 Å². The fourth-order valence-electron chi connectivity index (χ4n) is 3.66. The van der Waals surface area contributed by atoms with E-state index < -0.39 is 14.5 Å². The van der Waals surface area contributed by atoms with E-state index in [0.717, 1.165) is 18.4 Å². The number of nitrogens with one attached hydrogen (secondary N) is 1. The maximum atomic E-state index is 13.1. The van der Waals surface area contributed by atoms with Crippen molar-refractivity contribution in [3.8, 4) is 22.8 Å². The zero-order valence-corrected chi connectivity index (χ0v) is 17.7. The number of fused-ring (bicyclic) bond motifs is 1. The molecule has 1 aliphatic carbocycles. The average Bonchev–Trinajstić information content (AvgIpc) is 3.44. The molecule has 3 aromatic rings. The summed E-state index contributed by atoms with van der Waals surface area (Å²) >= 11 is 0. The Bertz CT molecular complexity index is 1290. The number of pyridine rings is 1. The maximum absolute atomic E-state index is 13.1. The molecule has 0 radical (unpaired) electrons. The van der Waals surface area contributed by atoms with Crippen LogP contribution in [-0.2, 0) is 19.3 Å². The van der Waals surface area contributed by atoms with E-state index in [2.05, 4.69) is 10.3 Å². The lowest BCUT2D eigenvalue weighted by Gasteiger charge is -2.16. The molecule has 0 spiro atoms. The van der Waals surface area contributed by atoms with Crippen LogP contribution in [0.15, 0.2) is 65.6 Å². The van der Waals surface area contributed by atoms with Crippen LogP contribution in [0.2, 0.25) is 0 Å². The molecule has 1 aliphatic heterocycles. The minimum absolute atomic E-state index is 0.0155. The minimum atomic E-state index is -3.79. The Morgan fingerprint density at radius 3 is 2.45 bits per heavy atom. The maximum Gasteiger partial charge on any atom is 0.261 e. The first-order chi connectivity index (χ1) is 14.8. The number of ether oxygens (including phenoxy) is 2. The Morgan fingerprint density at radius 1 is 1.00 bits per heavy atom. The van der Waals surface area contributed by atoms with E-state index >= 15 is 0 Å². The zero-order valence-electron chi connectivity index (χ0n) is 16.2. The molecular formula is C22H17ClN2O5S. The molecule has 158 valence electrons. The number of aromatic nitrogens is 1. The number of anilines is 1.